The van der Waals surface area contributed by atoms with Crippen LogP contribution >= 0.6 is 0 Å². The van der Waals surface area contributed by atoms with E-state index in [-0.39, 0.29) is 18.3 Å². The van der Waals surface area contributed by atoms with Crippen LogP contribution in [0.25, 0.3) is 0 Å². The fourth-order valence-electron chi connectivity index (χ4n) is 3.43. The Morgan fingerprint density at radius 2 is 1.87 bits per heavy atom. The molecule has 2 aromatic carbocycles. The van der Waals surface area contributed by atoms with Gasteiger partial charge in [-0.15, -0.1) is 0 Å². The Kier molecular flexibility index (Phi) is 6.16. The lowest BCUT2D eigenvalue weighted by atomic mass is 10.2. The lowest BCUT2D eigenvalue weighted by Crippen LogP contribution is -2.51. The third-order valence-corrected chi connectivity index (χ3v) is 5.05. The van der Waals surface area contributed by atoms with E-state index in [0.29, 0.717) is 43.4 Å². The number of carbonyl (C=O) groups is 1. The van der Waals surface area contributed by atoms with Gasteiger partial charge in [-0.2, -0.15) is 0 Å². The normalized spacial score (nSPS) is 13.7. The molecule has 2 N–H and O–H groups in total. The molecule has 1 saturated heterocycles. The Bertz CT molecular complexity index is 1050. The molecule has 0 aliphatic carbocycles. The first-order chi connectivity index (χ1) is 15.1. The minimum Gasteiger partial charge on any atom is -0.508 e. The summed E-state index contributed by atoms with van der Waals surface area (Å²) in [5.41, 5.74) is 1.63. The summed E-state index contributed by atoms with van der Waals surface area (Å²) in [6.07, 6.45) is 1.58. The lowest BCUT2D eigenvalue weighted by Gasteiger charge is -2.36. The van der Waals surface area contributed by atoms with Gasteiger partial charge >= 0.3 is 6.03 Å². The summed E-state index contributed by atoms with van der Waals surface area (Å²) < 4.78 is 19.1. The molecule has 2 heterocycles. The molecule has 31 heavy (non-hydrogen) atoms. The van der Waals surface area contributed by atoms with Crippen LogP contribution in [0.2, 0.25) is 0 Å². The van der Waals surface area contributed by atoms with Crippen molar-refractivity contribution in [3.8, 4) is 17.4 Å². The van der Waals surface area contributed by atoms with Crippen molar-refractivity contribution in [2.24, 2.45) is 0 Å². The Morgan fingerprint density at radius 1 is 1.06 bits per heavy atom. The maximum Gasteiger partial charge on any atom is 0.317 e. The topological polar surface area (TPSA) is 77.9 Å². The van der Waals surface area contributed by atoms with E-state index < -0.39 is 5.82 Å². The predicted octanol–water partition coefficient (Wildman–Crippen LogP) is 3.75. The number of phenols is 1. The van der Waals surface area contributed by atoms with E-state index in [1.165, 1.54) is 12.1 Å². The number of ether oxygens (including phenoxy) is 1. The maximum atomic E-state index is 13.4. The maximum absolute atomic E-state index is 13.4. The molecule has 3 aromatic rings. The number of rotatable bonds is 5. The average Bonchev–Trinajstić information content (AvgIpc) is 2.78. The van der Waals surface area contributed by atoms with Crippen molar-refractivity contribution in [2.75, 3.05) is 31.1 Å². The molecular weight excluding hydrogens is 399 g/mol. The number of amides is 2. The molecule has 1 fully saturated rings. The number of hydrogen-bond acceptors (Lipinski definition) is 5. The fourth-order valence-corrected chi connectivity index (χ4v) is 3.43. The van der Waals surface area contributed by atoms with Crippen LogP contribution < -0.4 is 15.0 Å². The number of halogens is 1. The smallest absolute Gasteiger partial charge is 0.317 e. The van der Waals surface area contributed by atoms with Gasteiger partial charge in [-0.3, -0.25) is 0 Å². The molecule has 1 aromatic heterocycles. The molecule has 8 heteroatoms. The van der Waals surface area contributed by atoms with Gasteiger partial charge in [-0.1, -0.05) is 18.2 Å². The van der Waals surface area contributed by atoms with Crippen LogP contribution in [0.4, 0.5) is 14.9 Å². The van der Waals surface area contributed by atoms with Crippen molar-refractivity contribution >= 4 is 11.7 Å². The van der Waals surface area contributed by atoms with Gasteiger partial charge in [0.05, 0.1) is 0 Å². The molecule has 2 amide bonds. The Hall–Kier alpha value is -3.81. The number of benzene rings is 2. The third kappa shape index (κ3) is 5.22. The second-order valence-corrected chi connectivity index (χ2v) is 7.18. The van der Waals surface area contributed by atoms with E-state index in [1.807, 2.05) is 12.1 Å². The van der Waals surface area contributed by atoms with Crippen molar-refractivity contribution in [2.45, 2.75) is 6.54 Å². The van der Waals surface area contributed by atoms with Crippen LogP contribution in [0, 0.1) is 5.82 Å². The number of carbonyl (C=O) groups excluding carboxylic acids is 1. The quantitative estimate of drug-likeness (QED) is 0.655. The number of nitrogens with zero attached hydrogens (tertiary/aromatic N) is 3. The summed E-state index contributed by atoms with van der Waals surface area (Å²) in [6, 6.07) is 16.3. The van der Waals surface area contributed by atoms with Crippen molar-refractivity contribution in [3.63, 3.8) is 0 Å². The highest BCUT2D eigenvalue weighted by atomic mass is 19.1. The number of aromatic hydroxyl groups is 1. The predicted molar refractivity (Wildman–Crippen MR) is 115 cm³/mol. The summed E-state index contributed by atoms with van der Waals surface area (Å²) in [5.74, 6) is 0.495. The van der Waals surface area contributed by atoms with Crippen LogP contribution in [0.1, 0.15) is 5.56 Å². The zero-order valence-corrected chi connectivity index (χ0v) is 16.9. The van der Waals surface area contributed by atoms with Gasteiger partial charge in [0.2, 0.25) is 5.88 Å². The number of piperazine rings is 1. The second kappa shape index (κ2) is 9.34. The zero-order valence-electron chi connectivity index (χ0n) is 16.9. The van der Waals surface area contributed by atoms with E-state index in [9.17, 15) is 14.3 Å². The SMILES string of the molecule is O=C(NCc1cccnc1Oc1cccc(F)c1)N1CCN(c2cccc(O)c2)CC1. The Morgan fingerprint density at radius 3 is 2.65 bits per heavy atom. The minimum absolute atomic E-state index is 0.170. The van der Waals surface area contributed by atoms with E-state index in [0.717, 1.165) is 5.69 Å². The number of hydrogen-bond donors (Lipinski definition) is 2. The van der Waals surface area contributed by atoms with Gasteiger partial charge < -0.3 is 25.0 Å². The van der Waals surface area contributed by atoms with Gasteiger partial charge in [0.25, 0.3) is 0 Å². The monoisotopic (exact) mass is 422 g/mol. The van der Waals surface area contributed by atoms with Crippen LogP contribution in [0.15, 0.2) is 66.9 Å². The molecule has 0 unspecified atom stereocenters. The highest BCUT2D eigenvalue weighted by molar-refractivity contribution is 5.74. The molecule has 1 aliphatic rings. The Balaban J connectivity index is 1.32. The fraction of sp³-hybridized carbons (Fsp3) is 0.217. The van der Waals surface area contributed by atoms with Gasteiger partial charge in [-0.05, 0) is 30.3 Å². The minimum atomic E-state index is -0.395. The number of nitrogens with one attached hydrogen (secondary N) is 1. The Labute approximate surface area is 179 Å². The van der Waals surface area contributed by atoms with Crippen molar-refractivity contribution in [3.05, 3.63) is 78.2 Å². The van der Waals surface area contributed by atoms with E-state index in [4.69, 9.17) is 4.74 Å². The number of pyridine rings is 1. The summed E-state index contributed by atoms with van der Waals surface area (Å²) in [4.78, 5) is 20.7. The molecule has 1 aliphatic heterocycles. The number of phenolic OH excluding ortho intramolecular Hbond substituents is 1. The molecule has 0 saturated carbocycles. The average molecular weight is 422 g/mol. The van der Waals surface area contributed by atoms with Crippen LogP contribution in [-0.2, 0) is 6.54 Å². The molecule has 0 bridgehead atoms. The highest BCUT2D eigenvalue weighted by Crippen LogP contribution is 2.24. The summed E-state index contributed by atoms with van der Waals surface area (Å²) in [5, 5.41) is 12.6. The van der Waals surface area contributed by atoms with E-state index in [2.05, 4.69) is 15.2 Å². The third-order valence-electron chi connectivity index (χ3n) is 5.05. The van der Waals surface area contributed by atoms with Gasteiger partial charge in [0.15, 0.2) is 0 Å². The number of urea groups is 1. The highest BCUT2D eigenvalue weighted by Gasteiger charge is 2.21. The molecular formula is C23H23FN4O3. The van der Waals surface area contributed by atoms with Crippen LogP contribution in [-0.4, -0.2) is 47.2 Å². The first-order valence-corrected chi connectivity index (χ1v) is 10.0. The first kappa shape index (κ1) is 20.5. The van der Waals surface area contributed by atoms with Crippen molar-refractivity contribution < 1.29 is 19.0 Å². The van der Waals surface area contributed by atoms with Gasteiger partial charge in [0, 0.05) is 62.3 Å². The second-order valence-electron chi connectivity index (χ2n) is 7.18. The van der Waals surface area contributed by atoms with Crippen LogP contribution in [0.5, 0.6) is 17.4 Å². The largest absolute Gasteiger partial charge is 0.508 e. The zero-order chi connectivity index (χ0) is 21.6. The molecule has 0 radical (unpaired) electrons. The standard InChI is InChI=1S/C23H23FN4O3/c24-18-5-1-8-21(14-18)31-22-17(4-3-9-25-22)16-26-23(30)28-12-10-27(11-13-28)19-6-2-7-20(29)15-19/h1-9,14-15,29H,10-13,16H2,(H,26,30). The van der Waals surface area contributed by atoms with Crippen LogP contribution in [0.3, 0.4) is 0 Å². The molecule has 0 spiro atoms. The molecule has 160 valence electrons. The molecule has 4 rings (SSSR count). The molecule has 7 nitrogen and oxygen atoms in total. The van der Waals surface area contributed by atoms with Gasteiger partial charge in [0.1, 0.15) is 17.3 Å². The van der Waals surface area contributed by atoms with E-state index in [1.54, 1.807) is 47.5 Å². The number of anilines is 1. The van der Waals surface area contributed by atoms with Crippen molar-refractivity contribution in [1.29, 1.82) is 0 Å². The first-order valence-electron chi connectivity index (χ1n) is 10.0. The van der Waals surface area contributed by atoms with E-state index >= 15 is 0 Å². The summed E-state index contributed by atoms with van der Waals surface area (Å²) in [6.45, 7) is 2.74. The summed E-state index contributed by atoms with van der Waals surface area (Å²) in [7, 11) is 0. The lowest BCUT2D eigenvalue weighted by molar-refractivity contribution is 0.194. The van der Waals surface area contributed by atoms with Gasteiger partial charge in [-0.25, -0.2) is 14.2 Å². The van der Waals surface area contributed by atoms with Crippen molar-refractivity contribution in [1.82, 2.24) is 15.2 Å². The number of aromatic nitrogens is 1. The summed E-state index contributed by atoms with van der Waals surface area (Å²) >= 11 is 0. The molecule has 0 atom stereocenters.